The summed E-state index contributed by atoms with van der Waals surface area (Å²) in [6, 6.07) is 7.30. The third-order valence-corrected chi connectivity index (χ3v) is 4.14. The minimum absolute atomic E-state index is 0.134. The molecule has 0 spiro atoms. The van der Waals surface area contributed by atoms with Crippen molar-refractivity contribution in [2.75, 3.05) is 11.9 Å². The van der Waals surface area contributed by atoms with E-state index in [2.05, 4.69) is 30.5 Å². The van der Waals surface area contributed by atoms with Crippen LogP contribution in [0.5, 0.6) is 0 Å². The van der Waals surface area contributed by atoms with Crippen LogP contribution in [0.2, 0.25) is 0 Å². The van der Waals surface area contributed by atoms with Gasteiger partial charge in [0.2, 0.25) is 11.7 Å². The third-order valence-electron chi connectivity index (χ3n) is 4.14. The van der Waals surface area contributed by atoms with Gasteiger partial charge in [-0.3, -0.25) is 0 Å². The molecule has 0 amide bonds. The van der Waals surface area contributed by atoms with Crippen molar-refractivity contribution >= 4 is 11.6 Å². The van der Waals surface area contributed by atoms with E-state index < -0.39 is 12.0 Å². The van der Waals surface area contributed by atoms with Gasteiger partial charge in [0.15, 0.2) is 0 Å². The average Bonchev–Trinajstić information content (AvgIpc) is 3.32. The number of nitrogens with zero attached hydrogens (tertiary/aromatic N) is 6. The molecule has 0 unspecified atom stereocenters. The second-order valence-electron chi connectivity index (χ2n) is 6.48. The fourth-order valence-electron chi connectivity index (χ4n) is 2.76. The molecule has 12 heteroatoms. The summed E-state index contributed by atoms with van der Waals surface area (Å²) in [6.07, 6.45) is -3.65. The Balaban J connectivity index is 1.39. The second kappa shape index (κ2) is 7.69. The summed E-state index contributed by atoms with van der Waals surface area (Å²) >= 11 is 0. The lowest BCUT2D eigenvalue weighted by atomic mass is 10.2. The van der Waals surface area contributed by atoms with Gasteiger partial charge in [-0.05, 0) is 37.6 Å². The maximum absolute atomic E-state index is 13.0. The number of rotatable bonds is 6. The Morgan fingerprint density at radius 3 is 2.60 bits per heavy atom. The Morgan fingerprint density at radius 2 is 1.87 bits per heavy atom. The summed E-state index contributed by atoms with van der Waals surface area (Å²) in [7, 11) is 0. The zero-order valence-electron chi connectivity index (χ0n) is 15.6. The van der Waals surface area contributed by atoms with Crippen LogP contribution in [0.3, 0.4) is 0 Å². The number of halogens is 4. The fourth-order valence-corrected chi connectivity index (χ4v) is 2.76. The summed E-state index contributed by atoms with van der Waals surface area (Å²) in [4.78, 5) is 11.7. The van der Waals surface area contributed by atoms with E-state index in [4.69, 9.17) is 4.52 Å². The highest BCUT2D eigenvalue weighted by atomic mass is 19.4. The Labute approximate surface area is 167 Å². The molecule has 0 saturated heterocycles. The molecular formula is C18H15F4N7O. The van der Waals surface area contributed by atoms with Crippen molar-refractivity contribution in [1.82, 2.24) is 29.7 Å². The minimum Gasteiger partial charge on any atom is -0.370 e. The van der Waals surface area contributed by atoms with E-state index in [1.807, 2.05) is 0 Å². The topological polar surface area (TPSA) is 94.0 Å². The van der Waals surface area contributed by atoms with Crippen molar-refractivity contribution in [2.24, 2.45) is 0 Å². The van der Waals surface area contributed by atoms with Crippen molar-refractivity contribution in [3.8, 4) is 11.4 Å². The van der Waals surface area contributed by atoms with Gasteiger partial charge in [0, 0.05) is 30.3 Å². The van der Waals surface area contributed by atoms with Gasteiger partial charge in [0.1, 0.15) is 11.6 Å². The molecule has 3 aromatic heterocycles. The van der Waals surface area contributed by atoms with Gasteiger partial charge in [-0.15, -0.1) is 5.10 Å². The van der Waals surface area contributed by atoms with E-state index >= 15 is 0 Å². The van der Waals surface area contributed by atoms with Crippen molar-refractivity contribution < 1.29 is 22.1 Å². The van der Waals surface area contributed by atoms with Crippen molar-refractivity contribution in [3.63, 3.8) is 0 Å². The number of alkyl halides is 3. The number of aryl methyl sites for hydroxylation is 2. The van der Waals surface area contributed by atoms with Gasteiger partial charge in [0.25, 0.3) is 11.6 Å². The molecule has 1 N–H and O–H groups in total. The first-order chi connectivity index (χ1) is 14.3. The van der Waals surface area contributed by atoms with Crippen LogP contribution >= 0.6 is 0 Å². The Hall–Kier alpha value is -3.57. The van der Waals surface area contributed by atoms with Crippen molar-refractivity contribution in [3.05, 3.63) is 53.6 Å². The first-order valence-corrected chi connectivity index (χ1v) is 8.93. The summed E-state index contributed by atoms with van der Waals surface area (Å²) in [5, 5.41) is 10.4. The SMILES string of the molecule is Cc1cc(NCCCc2nc(-c3ccc(F)cc3)no2)n2nc(C(F)(F)F)nc2n1. The summed E-state index contributed by atoms with van der Waals surface area (Å²) < 4.78 is 57.8. The number of aromatic nitrogens is 6. The van der Waals surface area contributed by atoms with Gasteiger partial charge in [-0.1, -0.05) is 5.16 Å². The highest BCUT2D eigenvalue weighted by Gasteiger charge is 2.36. The largest absolute Gasteiger partial charge is 0.453 e. The zero-order valence-corrected chi connectivity index (χ0v) is 15.6. The fraction of sp³-hybridized carbons (Fsp3) is 0.278. The number of anilines is 1. The molecular weight excluding hydrogens is 406 g/mol. The highest BCUT2D eigenvalue weighted by Crippen LogP contribution is 2.27. The summed E-state index contributed by atoms with van der Waals surface area (Å²) in [5.41, 5.74) is 1.14. The smallest absolute Gasteiger partial charge is 0.370 e. The highest BCUT2D eigenvalue weighted by molar-refractivity contribution is 5.53. The van der Waals surface area contributed by atoms with Crippen molar-refractivity contribution in [2.45, 2.75) is 25.9 Å². The Kier molecular flexibility index (Phi) is 5.06. The van der Waals surface area contributed by atoms with E-state index in [1.54, 1.807) is 25.1 Å². The van der Waals surface area contributed by atoms with Gasteiger partial charge < -0.3 is 9.84 Å². The van der Waals surface area contributed by atoms with E-state index in [0.29, 0.717) is 48.2 Å². The molecule has 3 heterocycles. The van der Waals surface area contributed by atoms with Gasteiger partial charge in [-0.25, -0.2) is 9.37 Å². The molecule has 4 rings (SSSR count). The molecule has 8 nitrogen and oxygen atoms in total. The molecule has 0 bridgehead atoms. The molecule has 1 aromatic carbocycles. The third kappa shape index (κ3) is 4.21. The van der Waals surface area contributed by atoms with Gasteiger partial charge in [-0.2, -0.15) is 27.7 Å². The first kappa shape index (κ1) is 19.7. The number of hydrogen-bond acceptors (Lipinski definition) is 7. The molecule has 0 atom stereocenters. The van der Waals surface area contributed by atoms with Crippen molar-refractivity contribution in [1.29, 1.82) is 0 Å². The van der Waals surface area contributed by atoms with Crippen LogP contribution < -0.4 is 5.32 Å². The first-order valence-electron chi connectivity index (χ1n) is 8.93. The van der Waals surface area contributed by atoms with Crippen LogP contribution in [0, 0.1) is 12.7 Å². The van der Waals surface area contributed by atoms with E-state index in [-0.39, 0.29) is 11.6 Å². The van der Waals surface area contributed by atoms with Crippen LogP contribution in [0.25, 0.3) is 17.2 Å². The summed E-state index contributed by atoms with van der Waals surface area (Å²) in [5.74, 6) is -0.644. The van der Waals surface area contributed by atoms with E-state index in [0.717, 1.165) is 4.52 Å². The second-order valence-corrected chi connectivity index (χ2v) is 6.48. The lowest BCUT2D eigenvalue weighted by Gasteiger charge is -2.07. The zero-order chi connectivity index (χ0) is 21.3. The summed E-state index contributed by atoms with van der Waals surface area (Å²) in [6.45, 7) is 2.07. The maximum Gasteiger partial charge on any atom is 0.453 e. The lowest BCUT2D eigenvalue weighted by molar-refractivity contribution is -0.144. The standard InChI is InChI=1S/C18H15F4N7O/c1-10-9-13(29-17(24-10)26-16(27-29)18(20,21)22)23-8-2-3-14-25-15(28-30-14)11-4-6-12(19)7-5-11/h4-7,9,23H,2-3,8H2,1H3. The molecule has 4 aromatic rings. The molecule has 0 aliphatic rings. The predicted molar refractivity (Wildman–Crippen MR) is 97.0 cm³/mol. The molecule has 0 fully saturated rings. The van der Waals surface area contributed by atoms with E-state index in [1.165, 1.54) is 12.1 Å². The van der Waals surface area contributed by atoms with Crippen LogP contribution in [0.4, 0.5) is 23.4 Å². The number of fused-ring (bicyclic) bond motifs is 1. The molecule has 0 aliphatic carbocycles. The lowest BCUT2D eigenvalue weighted by Crippen LogP contribution is -2.10. The maximum atomic E-state index is 13.0. The Bertz CT molecular complexity index is 1170. The quantitative estimate of drug-likeness (QED) is 0.375. The van der Waals surface area contributed by atoms with Crippen LogP contribution in [0.1, 0.15) is 23.8 Å². The molecule has 0 saturated carbocycles. The normalized spacial score (nSPS) is 11.9. The minimum atomic E-state index is -4.65. The molecule has 30 heavy (non-hydrogen) atoms. The number of benzene rings is 1. The van der Waals surface area contributed by atoms with Crippen LogP contribution in [-0.4, -0.2) is 36.3 Å². The molecule has 0 radical (unpaired) electrons. The van der Waals surface area contributed by atoms with Gasteiger partial charge in [0.05, 0.1) is 0 Å². The van der Waals surface area contributed by atoms with Crippen LogP contribution in [-0.2, 0) is 12.6 Å². The van der Waals surface area contributed by atoms with Crippen LogP contribution in [0.15, 0.2) is 34.9 Å². The monoisotopic (exact) mass is 421 g/mol. The number of hydrogen-bond donors (Lipinski definition) is 1. The van der Waals surface area contributed by atoms with Gasteiger partial charge >= 0.3 is 6.18 Å². The predicted octanol–water partition coefficient (Wildman–Crippen LogP) is 3.69. The number of nitrogens with one attached hydrogen (secondary N) is 1. The Morgan fingerprint density at radius 1 is 1.10 bits per heavy atom. The van der Waals surface area contributed by atoms with E-state index in [9.17, 15) is 17.6 Å². The average molecular weight is 421 g/mol. The molecule has 156 valence electrons. The molecule has 0 aliphatic heterocycles.